The van der Waals surface area contributed by atoms with Gasteiger partial charge in [-0.3, -0.25) is 9.59 Å². The lowest BCUT2D eigenvalue weighted by Gasteiger charge is -2.17. The van der Waals surface area contributed by atoms with Gasteiger partial charge in [0.2, 0.25) is 0 Å². The van der Waals surface area contributed by atoms with E-state index in [-0.39, 0.29) is 23.6 Å². The SMILES string of the molecule is CC(C)(C)CNC(=O)c1cn(CC(=O)O)nn1. The number of carboxylic acids is 1. The third-order valence-electron chi connectivity index (χ3n) is 1.85. The van der Waals surface area contributed by atoms with Gasteiger partial charge in [-0.25, -0.2) is 4.68 Å². The zero-order chi connectivity index (χ0) is 13.1. The Hall–Kier alpha value is -1.92. The van der Waals surface area contributed by atoms with Gasteiger partial charge >= 0.3 is 5.97 Å². The fourth-order valence-electron chi connectivity index (χ4n) is 1.05. The fourth-order valence-corrected chi connectivity index (χ4v) is 1.05. The van der Waals surface area contributed by atoms with Gasteiger partial charge in [0.05, 0.1) is 6.20 Å². The first-order chi connectivity index (χ1) is 7.78. The van der Waals surface area contributed by atoms with E-state index in [1.807, 2.05) is 20.8 Å². The van der Waals surface area contributed by atoms with Crippen molar-refractivity contribution in [1.29, 1.82) is 0 Å². The highest BCUT2D eigenvalue weighted by Crippen LogP contribution is 2.10. The van der Waals surface area contributed by atoms with Crippen molar-refractivity contribution in [2.45, 2.75) is 27.3 Å². The summed E-state index contributed by atoms with van der Waals surface area (Å²) in [7, 11) is 0. The zero-order valence-electron chi connectivity index (χ0n) is 10.1. The third-order valence-corrected chi connectivity index (χ3v) is 1.85. The Bertz CT molecular complexity index is 419. The monoisotopic (exact) mass is 240 g/mol. The molecule has 94 valence electrons. The first-order valence-electron chi connectivity index (χ1n) is 5.18. The first kappa shape index (κ1) is 13.1. The molecule has 0 unspecified atom stereocenters. The summed E-state index contributed by atoms with van der Waals surface area (Å²) in [6.07, 6.45) is 1.31. The number of nitrogens with one attached hydrogen (secondary N) is 1. The van der Waals surface area contributed by atoms with Gasteiger partial charge in [0, 0.05) is 6.54 Å². The number of nitrogens with zero attached hydrogens (tertiary/aromatic N) is 3. The molecule has 0 radical (unpaired) electrons. The van der Waals surface area contributed by atoms with Crippen LogP contribution in [0.2, 0.25) is 0 Å². The van der Waals surface area contributed by atoms with Crippen molar-refractivity contribution in [3.05, 3.63) is 11.9 Å². The number of carbonyl (C=O) groups is 2. The van der Waals surface area contributed by atoms with Crippen LogP contribution in [0.5, 0.6) is 0 Å². The smallest absolute Gasteiger partial charge is 0.325 e. The summed E-state index contributed by atoms with van der Waals surface area (Å²) in [5.74, 6) is -1.38. The van der Waals surface area contributed by atoms with Gasteiger partial charge in [0.1, 0.15) is 6.54 Å². The van der Waals surface area contributed by atoms with E-state index >= 15 is 0 Å². The molecule has 0 saturated heterocycles. The van der Waals surface area contributed by atoms with Gasteiger partial charge in [0.25, 0.3) is 5.91 Å². The highest BCUT2D eigenvalue weighted by Gasteiger charge is 2.15. The molecule has 0 spiro atoms. The van der Waals surface area contributed by atoms with Crippen LogP contribution in [0.3, 0.4) is 0 Å². The topological polar surface area (TPSA) is 97.1 Å². The molecule has 1 aromatic heterocycles. The van der Waals surface area contributed by atoms with Gasteiger partial charge in [-0.05, 0) is 5.41 Å². The van der Waals surface area contributed by atoms with Crippen LogP contribution in [0.4, 0.5) is 0 Å². The molecule has 0 atom stereocenters. The molecule has 17 heavy (non-hydrogen) atoms. The molecular weight excluding hydrogens is 224 g/mol. The number of carbonyl (C=O) groups excluding carboxylic acids is 1. The zero-order valence-corrected chi connectivity index (χ0v) is 10.1. The van der Waals surface area contributed by atoms with E-state index < -0.39 is 5.97 Å². The lowest BCUT2D eigenvalue weighted by atomic mass is 9.97. The number of carboxylic acid groups (broad SMARTS) is 1. The Morgan fingerprint density at radius 1 is 1.47 bits per heavy atom. The van der Waals surface area contributed by atoms with E-state index in [4.69, 9.17) is 5.11 Å². The molecule has 7 nitrogen and oxygen atoms in total. The standard InChI is InChI=1S/C10H16N4O3/c1-10(2,3)6-11-9(17)7-4-14(13-12-7)5-8(15)16/h4H,5-6H2,1-3H3,(H,11,17)(H,15,16). The summed E-state index contributed by atoms with van der Waals surface area (Å²) >= 11 is 0. The molecule has 0 aliphatic carbocycles. The summed E-state index contributed by atoms with van der Waals surface area (Å²) < 4.78 is 1.11. The Morgan fingerprint density at radius 2 is 2.12 bits per heavy atom. The summed E-state index contributed by atoms with van der Waals surface area (Å²) in [5.41, 5.74) is 0.0997. The van der Waals surface area contributed by atoms with Crippen molar-refractivity contribution in [2.24, 2.45) is 5.41 Å². The molecule has 1 amide bonds. The molecule has 0 bridgehead atoms. The van der Waals surface area contributed by atoms with Crippen molar-refractivity contribution in [3.8, 4) is 0 Å². The first-order valence-corrected chi connectivity index (χ1v) is 5.18. The summed E-state index contributed by atoms with van der Waals surface area (Å²) in [6.45, 7) is 6.19. The highest BCUT2D eigenvalue weighted by atomic mass is 16.4. The van der Waals surface area contributed by atoms with Gasteiger partial charge in [0.15, 0.2) is 5.69 Å². The van der Waals surface area contributed by atoms with Crippen molar-refractivity contribution in [1.82, 2.24) is 20.3 Å². The minimum atomic E-state index is -1.03. The van der Waals surface area contributed by atoms with E-state index in [9.17, 15) is 9.59 Å². The van der Waals surface area contributed by atoms with E-state index in [0.717, 1.165) is 4.68 Å². The van der Waals surface area contributed by atoms with Crippen LogP contribution in [-0.4, -0.2) is 38.5 Å². The van der Waals surface area contributed by atoms with Crippen LogP contribution in [0.1, 0.15) is 31.3 Å². The number of aromatic nitrogens is 3. The molecule has 0 aliphatic rings. The van der Waals surface area contributed by atoms with Gasteiger partial charge < -0.3 is 10.4 Å². The maximum atomic E-state index is 11.6. The van der Waals surface area contributed by atoms with Crippen molar-refractivity contribution < 1.29 is 14.7 Å². The lowest BCUT2D eigenvalue weighted by molar-refractivity contribution is -0.137. The summed E-state index contributed by atoms with van der Waals surface area (Å²) in [6, 6.07) is 0. The van der Waals surface area contributed by atoms with Crippen LogP contribution >= 0.6 is 0 Å². The van der Waals surface area contributed by atoms with Crippen LogP contribution < -0.4 is 5.32 Å². The Balaban J connectivity index is 2.58. The maximum absolute atomic E-state index is 11.6. The fraction of sp³-hybridized carbons (Fsp3) is 0.600. The predicted octanol–water partition coefficient (Wildman–Crippen LogP) is 0.139. The minimum absolute atomic E-state index is 0.0211. The van der Waals surface area contributed by atoms with Crippen LogP contribution in [0.25, 0.3) is 0 Å². The predicted molar refractivity (Wildman–Crippen MR) is 59.4 cm³/mol. The normalized spacial score (nSPS) is 11.2. The number of hydrogen-bond acceptors (Lipinski definition) is 4. The molecule has 1 rings (SSSR count). The molecule has 1 heterocycles. The molecule has 0 saturated carbocycles. The Labute approximate surface area is 98.8 Å². The summed E-state index contributed by atoms with van der Waals surface area (Å²) in [4.78, 5) is 22.0. The van der Waals surface area contributed by atoms with Crippen molar-refractivity contribution in [3.63, 3.8) is 0 Å². The Morgan fingerprint density at radius 3 is 2.65 bits per heavy atom. The van der Waals surface area contributed by atoms with Crippen LogP contribution in [0, 0.1) is 5.41 Å². The quantitative estimate of drug-likeness (QED) is 0.780. The molecule has 0 fully saturated rings. The second-order valence-electron chi connectivity index (χ2n) is 4.94. The van der Waals surface area contributed by atoms with Crippen molar-refractivity contribution in [2.75, 3.05) is 6.54 Å². The molecule has 1 aromatic rings. The minimum Gasteiger partial charge on any atom is -0.480 e. The van der Waals surface area contributed by atoms with E-state index in [1.54, 1.807) is 0 Å². The number of amides is 1. The second kappa shape index (κ2) is 4.94. The van der Waals surface area contributed by atoms with Crippen molar-refractivity contribution >= 4 is 11.9 Å². The van der Waals surface area contributed by atoms with Gasteiger partial charge in [-0.2, -0.15) is 0 Å². The molecule has 2 N–H and O–H groups in total. The largest absolute Gasteiger partial charge is 0.480 e. The number of aliphatic carboxylic acids is 1. The van der Waals surface area contributed by atoms with E-state index in [0.29, 0.717) is 6.54 Å². The average Bonchev–Trinajstić information content (AvgIpc) is 2.60. The maximum Gasteiger partial charge on any atom is 0.325 e. The molecule has 0 aliphatic heterocycles. The van der Waals surface area contributed by atoms with Crippen LogP contribution in [-0.2, 0) is 11.3 Å². The molecule has 0 aromatic carbocycles. The van der Waals surface area contributed by atoms with Gasteiger partial charge in [-0.1, -0.05) is 26.0 Å². The number of hydrogen-bond donors (Lipinski definition) is 2. The lowest BCUT2D eigenvalue weighted by Crippen LogP contribution is -2.32. The number of rotatable bonds is 4. The van der Waals surface area contributed by atoms with Gasteiger partial charge in [-0.15, -0.1) is 5.10 Å². The Kier molecular flexibility index (Phi) is 3.82. The highest BCUT2D eigenvalue weighted by molar-refractivity contribution is 5.91. The van der Waals surface area contributed by atoms with E-state index in [1.165, 1.54) is 6.20 Å². The van der Waals surface area contributed by atoms with Crippen LogP contribution in [0.15, 0.2) is 6.20 Å². The van der Waals surface area contributed by atoms with E-state index in [2.05, 4.69) is 15.6 Å². The molecular formula is C10H16N4O3. The third kappa shape index (κ3) is 4.62. The second-order valence-corrected chi connectivity index (χ2v) is 4.94. The molecule has 7 heteroatoms. The summed E-state index contributed by atoms with van der Waals surface area (Å²) in [5, 5.41) is 18.4. The average molecular weight is 240 g/mol.